The topological polar surface area (TPSA) is 42.0 Å². The summed E-state index contributed by atoms with van der Waals surface area (Å²) < 4.78 is 10.8. The molecule has 2 saturated heterocycles. The third kappa shape index (κ3) is 3.98. The summed E-state index contributed by atoms with van der Waals surface area (Å²) in [6.07, 6.45) is 2.27. The van der Waals surface area contributed by atoms with Crippen LogP contribution in [0.15, 0.2) is 24.3 Å². The zero-order chi connectivity index (χ0) is 17.9. The Morgan fingerprint density at radius 1 is 1.28 bits per heavy atom. The van der Waals surface area contributed by atoms with Gasteiger partial charge in [-0.1, -0.05) is 12.1 Å². The van der Waals surface area contributed by atoms with Crippen LogP contribution in [-0.4, -0.2) is 62.7 Å². The second-order valence-corrected chi connectivity index (χ2v) is 7.54. The number of carbonyl (C=O) groups excluding carboxylic acids is 1. The van der Waals surface area contributed by atoms with Crippen molar-refractivity contribution in [3.63, 3.8) is 0 Å². The van der Waals surface area contributed by atoms with Gasteiger partial charge in [-0.15, -0.1) is 0 Å². The molecule has 5 nitrogen and oxygen atoms in total. The molecule has 0 saturated carbocycles. The molecule has 0 radical (unpaired) electrons. The Bertz CT molecular complexity index is 596. The molecule has 138 valence electrons. The van der Waals surface area contributed by atoms with E-state index in [2.05, 4.69) is 23.1 Å². The zero-order valence-electron chi connectivity index (χ0n) is 15.7. The molecule has 1 aromatic carbocycles. The van der Waals surface area contributed by atoms with E-state index in [1.807, 2.05) is 11.0 Å². The Labute approximate surface area is 150 Å². The van der Waals surface area contributed by atoms with Crippen molar-refractivity contribution >= 4 is 5.91 Å². The van der Waals surface area contributed by atoms with Crippen molar-refractivity contribution in [1.82, 2.24) is 9.80 Å². The van der Waals surface area contributed by atoms with E-state index in [1.165, 1.54) is 5.56 Å². The van der Waals surface area contributed by atoms with Gasteiger partial charge in [0, 0.05) is 39.6 Å². The van der Waals surface area contributed by atoms with Gasteiger partial charge in [-0.2, -0.15) is 0 Å². The van der Waals surface area contributed by atoms with Crippen molar-refractivity contribution in [1.29, 1.82) is 0 Å². The van der Waals surface area contributed by atoms with E-state index >= 15 is 0 Å². The van der Waals surface area contributed by atoms with Gasteiger partial charge in [0.25, 0.3) is 0 Å². The molecule has 0 aromatic heterocycles. The Hall–Kier alpha value is -1.59. The van der Waals surface area contributed by atoms with Crippen molar-refractivity contribution in [2.75, 3.05) is 47.0 Å². The van der Waals surface area contributed by atoms with Crippen LogP contribution in [-0.2, 0) is 16.1 Å². The molecule has 2 fully saturated rings. The number of likely N-dealkylation sites (tertiary alicyclic amines) is 2. The van der Waals surface area contributed by atoms with E-state index in [0.717, 1.165) is 57.9 Å². The van der Waals surface area contributed by atoms with Gasteiger partial charge in [0.15, 0.2) is 0 Å². The van der Waals surface area contributed by atoms with Gasteiger partial charge in [-0.3, -0.25) is 9.69 Å². The molecule has 0 N–H and O–H groups in total. The van der Waals surface area contributed by atoms with Gasteiger partial charge < -0.3 is 14.4 Å². The number of benzene rings is 1. The molecule has 2 heterocycles. The van der Waals surface area contributed by atoms with E-state index < -0.39 is 0 Å². The average molecular weight is 346 g/mol. The lowest BCUT2D eigenvalue weighted by atomic mass is 9.71. The zero-order valence-corrected chi connectivity index (χ0v) is 15.7. The summed E-state index contributed by atoms with van der Waals surface area (Å²) in [4.78, 5) is 16.4. The van der Waals surface area contributed by atoms with Gasteiger partial charge in [0.1, 0.15) is 5.75 Å². The fourth-order valence-corrected chi connectivity index (χ4v) is 4.46. The normalized spacial score (nSPS) is 23.2. The molecular weight excluding hydrogens is 316 g/mol. The molecule has 1 spiro atoms. The maximum atomic E-state index is 11.9. The number of carbonyl (C=O) groups is 1. The first-order valence-electron chi connectivity index (χ1n) is 9.16. The van der Waals surface area contributed by atoms with Crippen LogP contribution in [0.3, 0.4) is 0 Å². The molecule has 1 aromatic rings. The average Bonchev–Trinajstić information content (AvgIpc) is 2.96. The van der Waals surface area contributed by atoms with Crippen LogP contribution in [0.4, 0.5) is 0 Å². The molecule has 5 heteroatoms. The summed E-state index contributed by atoms with van der Waals surface area (Å²) in [5, 5.41) is 0. The lowest BCUT2D eigenvalue weighted by Gasteiger charge is -2.42. The number of nitrogens with zero attached hydrogens (tertiary/aromatic N) is 2. The van der Waals surface area contributed by atoms with Crippen molar-refractivity contribution in [2.24, 2.45) is 11.3 Å². The maximum absolute atomic E-state index is 11.9. The number of methoxy groups -OCH3 is 2. The Kier molecular flexibility index (Phi) is 5.64. The lowest BCUT2D eigenvalue weighted by Crippen LogP contribution is -2.45. The highest BCUT2D eigenvalue weighted by Crippen LogP contribution is 2.45. The van der Waals surface area contributed by atoms with Crippen LogP contribution in [0.2, 0.25) is 0 Å². The maximum Gasteiger partial charge on any atom is 0.219 e. The number of ether oxygens (including phenoxy) is 2. The number of hydrogen-bond acceptors (Lipinski definition) is 4. The minimum absolute atomic E-state index is 0.191. The first-order chi connectivity index (χ1) is 12.1. The van der Waals surface area contributed by atoms with Crippen LogP contribution in [0.1, 0.15) is 25.3 Å². The van der Waals surface area contributed by atoms with E-state index in [-0.39, 0.29) is 11.3 Å². The minimum Gasteiger partial charge on any atom is -0.497 e. The predicted octanol–water partition coefficient (Wildman–Crippen LogP) is 2.40. The van der Waals surface area contributed by atoms with Gasteiger partial charge in [-0.25, -0.2) is 0 Å². The van der Waals surface area contributed by atoms with Gasteiger partial charge in [0.05, 0.1) is 13.7 Å². The standard InChI is InChI=1S/C20H30N2O3/c1-16(23)22-13-18(14-24-2)20(15-22)7-9-21(10-8-20)12-17-5-4-6-19(11-17)25-3/h4-6,11,18H,7-10,12-15H2,1-3H3. The first kappa shape index (κ1) is 18.2. The molecule has 2 aliphatic rings. The molecule has 3 rings (SSSR count). The molecule has 0 aliphatic carbocycles. The molecular formula is C20H30N2O3. The number of piperidine rings is 1. The minimum atomic E-state index is 0.191. The first-order valence-corrected chi connectivity index (χ1v) is 9.16. The Balaban J connectivity index is 1.62. The smallest absolute Gasteiger partial charge is 0.219 e. The second-order valence-electron chi connectivity index (χ2n) is 7.54. The van der Waals surface area contributed by atoms with E-state index in [1.54, 1.807) is 21.1 Å². The van der Waals surface area contributed by atoms with E-state index in [9.17, 15) is 4.79 Å². The van der Waals surface area contributed by atoms with Crippen molar-refractivity contribution in [3.05, 3.63) is 29.8 Å². The highest BCUT2D eigenvalue weighted by molar-refractivity contribution is 5.73. The fraction of sp³-hybridized carbons (Fsp3) is 0.650. The molecule has 2 aliphatic heterocycles. The number of rotatable bonds is 5. The summed E-state index contributed by atoms with van der Waals surface area (Å²) in [5.41, 5.74) is 1.52. The van der Waals surface area contributed by atoms with Crippen molar-refractivity contribution in [3.8, 4) is 5.75 Å². The summed E-state index contributed by atoms with van der Waals surface area (Å²) in [5.74, 6) is 1.57. The van der Waals surface area contributed by atoms with E-state index in [4.69, 9.17) is 9.47 Å². The third-order valence-corrected chi connectivity index (χ3v) is 6.02. The Morgan fingerprint density at radius 3 is 2.68 bits per heavy atom. The van der Waals surface area contributed by atoms with Gasteiger partial charge >= 0.3 is 0 Å². The van der Waals surface area contributed by atoms with Crippen LogP contribution in [0.25, 0.3) is 0 Å². The van der Waals surface area contributed by atoms with Crippen LogP contribution < -0.4 is 4.74 Å². The SMILES string of the molecule is COCC1CN(C(C)=O)CC12CCN(Cc1cccc(OC)c1)CC2. The van der Waals surface area contributed by atoms with Crippen molar-refractivity contribution in [2.45, 2.75) is 26.3 Å². The number of amides is 1. The molecule has 1 amide bonds. The highest BCUT2D eigenvalue weighted by atomic mass is 16.5. The highest BCUT2D eigenvalue weighted by Gasteiger charge is 2.48. The molecule has 25 heavy (non-hydrogen) atoms. The van der Waals surface area contributed by atoms with Crippen LogP contribution in [0.5, 0.6) is 5.75 Å². The largest absolute Gasteiger partial charge is 0.497 e. The number of hydrogen-bond donors (Lipinski definition) is 0. The van der Waals surface area contributed by atoms with Gasteiger partial charge in [-0.05, 0) is 49.0 Å². The molecule has 0 bridgehead atoms. The summed E-state index contributed by atoms with van der Waals surface area (Å²) in [7, 11) is 3.47. The molecule has 1 atom stereocenters. The van der Waals surface area contributed by atoms with Crippen molar-refractivity contribution < 1.29 is 14.3 Å². The summed E-state index contributed by atoms with van der Waals surface area (Å²) in [6.45, 7) is 7.27. The predicted molar refractivity (Wildman–Crippen MR) is 97.6 cm³/mol. The van der Waals surface area contributed by atoms with Crippen LogP contribution in [0, 0.1) is 11.3 Å². The van der Waals surface area contributed by atoms with Crippen LogP contribution >= 0.6 is 0 Å². The summed E-state index contributed by atoms with van der Waals surface area (Å²) >= 11 is 0. The quantitative estimate of drug-likeness (QED) is 0.821. The monoisotopic (exact) mass is 346 g/mol. The lowest BCUT2D eigenvalue weighted by molar-refractivity contribution is -0.128. The Morgan fingerprint density at radius 2 is 2.04 bits per heavy atom. The summed E-state index contributed by atoms with van der Waals surface area (Å²) in [6, 6.07) is 8.31. The van der Waals surface area contributed by atoms with E-state index in [0.29, 0.717) is 5.92 Å². The second kappa shape index (κ2) is 7.75. The van der Waals surface area contributed by atoms with Gasteiger partial charge in [0.2, 0.25) is 5.91 Å². The third-order valence-electron chi connectivity index (χ3n) is 6.02. The fourth-order valence-electron chi connectivity index (χ4n) is 4.46. The molecule has 1 unspecified atom stereocenters.